The minimum Gasteiger partial charge on any atom is -0.346 e. The molecule has 0 spiro atoms. The van der Waals surface area contributed by atoms with Crippen molar-refractivity contribution in [3.05, 3.63) is 11.6 Å². The van der Waals surface area contributed by atoms with Crippen LogP contribution < -0.4 is 0 Å². The van der Waals surface area contributed by atoms with Crippen LogP contribution in [0.4, 0.5) is 0 Å². The average molecular weight is 897 g/mol. The van der Waals surface area contributed by atoms with E-state index in [0.717, 1.165) is 30.8 Å². The molecule has 0 radical (unpaired) electrons. The molecule has 0 unspecified atom stereocenters. The highest BCUT2D eigenvalue weighted by Gasteiger charge is 2.60. The minimum atomic E-state index is -5.63. The first kappa shape index (κ1) is 47.2. The van der Waals surface area contributed by atoms with Gasteiger partial charge in [-0.05, 0) is 110 Å². The summed E-state index contributed by atoms with van der Waals surface area (Å²) < 4.78 is 162. The first-order chi connectivity index (χ1) is 26.1. The van der Waals surface area contributed by atoms with Gasteiger partial charge in [-0.2, -0.15) is 33.7 Å². The monoisotopic (exact) mass is 896 g/mol. The summed E-state index contributed by atoms with van der Waals surface area (Å²) in [4.78, 5) is 0. The number of hydrogen-bond acceptors (Lipinski definition) is 14. The Morgan fingerprint density at radius 2 is 1.39 bits per heavy atom. The third-order valence-corrected chi connectivity index (χ3v) is 16.1. The molecule has 1 aliphatic heterocycles. The molecule has 4 fully saturated rings. The molecule has 0 aromatic rings. The molecule has 0 amide bonds. The lowest BCUT2D eigenvalue weighted by molar-refractivity contribution is -0.299. The van der Waals surface area contributed by atoms with Crippen LogP contribution in [0.3, 0.4) is 0 Å². The van der Waals surface area contributed by atoms with E-state index in [1.165, 1.54) is 32.1 Å². The molecule has 1 saturated heterocycles. The van der Waals surface area contributed by atoms with Crippen LogP contribution in [0.1, 0.15) is 112 Å². The molecule has 18 nitrogen and oxygen atoms in total. The van der Waals surface area contributed by atoms with E-state index in [2.05, 4.69) is 64.4 Å². The first-order valence-electron chi connectivity index (χ1n) is 19.7. The normalized spacial score (nSPS) is 38.8. The summed E-state index contributed by atoms with van der Waals surface area (Å²) in [6, 6.07) is 0. The first-order valence-corrected chi connectivity index (χ1v) is 25.2. The fourth-order valence-electron chi connectivity index (χ4n) is 11.6. The number of rotatable bonds is 17. The van der Waals surface area contributed by atoms with Crippen molar-refractivity contribution in [1.29, 1.82) is 0 Å². The van der Waals surface area contributed by atoms with Gasteiger partial charge < -0.3 is 9.47 Å². The zero-order valence-electron chi connectivity index (χ0n) is 33.2. The van der Waals surface area contributed by atoms with Crippen LogP contribution in [0.5, 0.6) is 0 Å². The molecule has 14 atom stereocenters. The SMILES string of the molecule is CC[C@H](CC[C@@H](C)[C@H]1CC[C@H]2[C@@H]3CC=C4C[C@@H](O[C@@H]5O[C@H](COS(=O)(=O)O)[C@@H](OS(=O)(=O)O)[C@H](OS(=O)(=O)O)[C@H]5OS(=O)(=O)O)CC[C@]4(C)[C@H]3CC[C@]12C)C(C)C. The molecular weight excluding hydrogens is 837 g/mol. The zero-order chi connectivity index (χ0) is 42.5. The van der Waals surface area contributed by atoms with E-state index >= 15 is 0 Å². The largest absolute Gasteiger partial charge is 0.397 e. The zero-order valence-corrected chi connectivity index (χ0v) is 36.5. The lowest BCUT2D eigenvalue weighted by Gasteiger charge is -2.58. The smallest absolute Gasteiger partial charge is 0.346 e. The molecule has 5 aliphatic rings. The van der Waals surface area contributed by atoms with Gasteiger partial charge in [0.25, 0.3) is 0 Å². The van der Waals surface area contributed by atoms with E-state index < -0.39 is 85.0 Å². The average Bonchev–Trinajstić information content (AvgIpc) is 3.42. The molecule has 22 heteroatoms. The maximum atomic E-state index is 12.0. The summed E-state index contributed by atoms with van der Waals surface area (Å²) in [5.41, 5.74) is 1.18. The van der Waals surface area contributed by atoms with E-state index in [1.807, 2.05) is 0 Å². The van der Waals surface area contributed by atoms with Crippen molar-refractivity contribution in [3.63, 3.8) is 0 Å². The molecule has 4 N–H and O–H groups in total. The summed E-state index contributed by atoms with van der Waals surface area (Å²) in [6.45, 7) is 12.8. The molecule has 0 bridgehead atoms. The van der Waals surface area contributed by atoms with Crippen molar-refractivity contribution in [2.75, 3.05) is 6.61 Å². The summed E-state index contributed by atoms with van der Waals surface area (Å²) in [5.74, 6) is 4.24. The van der Waals surface area contributed by atoms with Gasteiger partial charge in [0.1, 0.15) is 18.3 Å². The molecular formula is C35H60O18S4. The Balaban J connectivity index is 1.37. The second kappa shape index (κ2) is 17.5. The molecule has 0 aromatic carbocycles. The quantitative estimate of drug-likeness (QED) is 0.108. The Morgan fingerprint density at radius 1 is 0.772 bits per heavy atom. The van der Waals surface area contributed by atoms with Crippen LogP contribution in [-0.2, 0) is 67.8 Å². The van der Waals surface area contributed by atoms with Crippen molar-refractivity contribution in [2.45, 2.75) is 149 Å². The Bertz CT molecular complexity index is 1900. The van der Waals surface area contributed by atoms with Gasteiger partial charge in [-0.25, -0.2) is 16.7 Å². The standard InChI is InChI=1S/C35H60O18S4/c1-7-22(20(2)3)9-8-21(4)26-12-13-27-25-11-10-23-18-24(14-16-34(23,5)28(25)15-17-35(26,27)6)49-33-32(53-57(45,46)47)31(52-56(42,43)44)30(51-55(39,40)41)29(50-33)19-48-54(36,37)38/h10,20-22,24-33H,7-9,11-19H2,1-6H3,(H,36,37,38)(H,39,40,41)(H,42,43,44)(H,45,46,47)/t21-,22-,24+,25+,26-,27+,28+,29-,30-,31+,32-,33-,34+,35-/m1/s1. The molecule has 4 aliphatic carbocycles. The topological polar surface area (TPSA) is 273 Å². The van der Waals surface area contributed by atoms with Crippen LogP contribution in [0.2, 0.25) is 0 Å². The van der Waals surface area contributed by atoms with Crippen LogP contribution in [-0.4, -0.2) is 95.3 Å². The van der Waals surface area contributed by atoms with Crippen molar-refractivity contribution >= 4 is 41.6 Å². The summed E-state index contributed by atoms with van der Waals surface area (Å²) >= 11 is 0. The van der Waals surface area contributed by atoms with E-state index in [0.29, 0.717) is 54.8 Å². The van der Waals surface area contributed by atoms with Crippen molar-refractivity contribution in [2.24, 2.45) is 52.3 Å². The van der Waals surface area contributed by atoms with Gasteiger partial charge in [0.15, 0.2) is 12.4 Å². The van der Waals surface area contributed by atoms with Crippen molar-refractivity contribution in [1.82, 2.24) is 0 Å². The van der Waals surface area contributed by atoms with Gasteiger partial charge in [-0.3, -0.25) is 18.2 Å². The molecule has 5 rings (SSSR count). The summed E-state index contributed by atoms with van der Waals surface area (Å²) in [6.07, 6.45) is 0.247. The third kappa shape index (κ3) is 11.3. The number of ether oxygens (including phenoxy) is 2. The second-order valence-corrected chi connectivity index (χ2v) is 21.9. The van der Waals surface area contributed by atoms with E-state index in [-0.39, 0.29) is 10.8 Å². The Labute approximate surface area is 337 Å². The molecule has 0 aromatic heterocycles. The highest BCUT2D eigenvalue weighted by atomic mass is 32.3. The Morgan fingerprint density at radius 3 is 1.96 bits per heavy atom. The van der Waals surface area contributed by atoms with E-state index in [9.17, 15) is 51.9 Å². The second-order valence-electron chi connectivity index (χ2n) is 17.7. The summed E-state index contributed by atoms with van der Waals surface area (Å²) in [7, 11) is -22.0. The van der Waals surface area contributed by atoms with Crippen molar-refractivity contribution in [3.8, 4) is 0 Å². The Kier molecular flexibility index (Phi) is 14.5. The molecule has 1 heterocycles. The fraction of sp³-hybridized carbons (Fsp3) is 0.943. The van der Waals surface area contributed by atoms with Gasteiger partial charge in [0, 0.05) is 0 Å². The predicted octanol–water partition coefficient (Wildman–Crippen LogP) is 5.16. The molecule has 3 saturated carbocycles. The molecule has 332 valence electrons. The van der Waals surface area contributed by atoms with Gasteiger partial charge in [-0.1, -0.05) is 66.0 Å². The maximum absolute atomic E-state index is 12.0. The van der Waals surface area contributed by atoms with Crippen LogP contribution >= 0.6 is 0 Å². The predicted molar refractivity (Wildman–Crippen MR) is 203 cm³/mol. The summed E-state index contributed by atoms with van der Waals surface area (Å²) in [5, 5.41) is 0. The fourth-order valence-corrected chi connectivity index (χ4v) is 13.4. The number of fused-ring (bicyclic) bond motifs is 5. The van der Waals surface area contributed by atoms with Crippen molar-refractivity contribution < 1.29 is 78.1 Å². The van der Waals surface area contributed by atoms with Crippen LogP contribution in [0.25, 0.3) is 0 Å². The van der Waals surface area contributed by atoms with E-state index in [4.69, 9.17) is 9.47 Å². The number of hydrogen-bond donors (Lipinski definition) is 4. The maximum Gasteiger partial charge on any atom is 0.397 e. The van der Waals surface area contributed by atoms with Crippen LogP contribution in [0, 0.1) is 52.3 Å². The minimum absolute atomic E-state index is 0.186. The molecule has 57 heavy (non-hydrogen) atoms. The van der Waals surface area contributed by atoms with Gasteiger partial charge in [0.2, 0.25) is 0 Å². The van der Waals surface area contributed by atoms with Crippen LogP contribution in [0.15, 0.2) is 11.6 Å². The van der Waals surface area contributed by atoms with E-state index in [1.54, 1.807) is 0 Å². The highest BCUT2D eigenvalue weighted by molar-refractivity contribution is 7.81. The van der Waals surface area contributed by atoms with Gasteiger partial charge >= 0.3 is 41.6 Å². The van der Waals surface area contributed by atoms with Gasteiger partial charge in [-0.15, -0.1) is 0 Å². The lowest BCUT2D eigenvalue weighted by Crippen LogP contribution is -2.63. The van der Waals surface area contributed by atoms with Gasteiger partial charge in [0.05, 0.1) is 12.7 Å². The Hall–Kier alpha value is -0.860. The highest BCUT2D eigenvalue weighted by Crippen LogP contribution is 2.67. The number of allylic oxidation sites excluding steroid dienone is 1. The third-order valence-electron chi connectivity index (χ3n) is 14.3. The lowest BCUT2D eigenvalue weighted by atomic mass is 9.47.